The van der Waals surface area contributed by atoms with Crippen LogP contribution in [0.2, 0.25) is 0 Å². The first-order chi connectivity index (χ1) is 15.2. The number of hydrogen-bond acceptors (Lipinski definition) is 5. The van der Waals surface area contributed by atoms with Gasteiger partial charge in [0.25, 0.3) is 5.91 Å². The lowest BCUT2D eigenvalue weighted by atomic mass is 10.2. The molecule has 1 N–H and O–H groups in total. The van der Waals surface area contributed by atoms with Crippen molar-refractivity contribution in [3.63, 3.8) is 0 Å². The standard InChI is InChI=1S/C21H17F3N6OS/c1-13-17(12-27-30(13)18-8-3-14(11-26-18)21(22,23)24)19(31)28-15-4-6-16(7-5-15)32-20-25-9-10-29(20)2/h3-12H,1-2H3,(H,28,31). The molecule has 1 aromatic carbocycles. The highest BCUT2D eigenvalue weighted by Crippen LogP contribution is 2.29. The summed E-state index contributed by atoms with van der Waals surface area (Å²) in [5, 5.41) is 7.75. The van der Waals surface area contributed by atoms with E-state index in [0.29, 0.717) is 11.4 Å². The van der Waals surface area contributed by atoms with Crippen molar-refractivity contribution in [2.45, 2.75) is 23.2 Å². The third-order valence-corrected chi connectivity index (χ3v) is 5.73. The van der Waals surface area contributed by atoms with E-state index in [1.54, 1.807) is 25.3 Å². The molecule has 32 heavy (non-hydrogen) atoms. The minimum Gasteiger partial charge on any atom is -0.329 e. The number of aromatic nitrogens is 5. The molecular formula is C21H17F3N6OS. The Hall–Kier alpha value is -3.60. The number of benzene rings is 1. The summed E-state index contributed by atoms with van der Waals surface area (Å²) in [6.07, 6.45) is 1.20. The van der Waals surface area contributed by atoms with Crippen LogP contribution in [0.25, 0.3) is 5.82 Å². The summed E-state index contributed by atoms with van der Waals surface area (Å²) in [5.41, 5.74) is 0.488. The first-order valence-corrected chi connectivity index (χ1v) is 10.2. The van der Waals surface area contributed by atoms with Gasteiger partial charge in [0, 0.05) is 36.2 Å². The number of carbonyl (C=O) groups is 1. The maximum Gasteiger partial charge on any atom is 0.417 e. The first-order valence-electron chi connectivity index (χ1n) is 9.37. The van der Waals surface area contributed by atoms with Gasteiger partial charge in [0.15, 0.2) is 11.0 Å². The van der Waals surface area contributed by atoms with Crippen molar-refractivity contribution < 1.29 is 18.0 Å². The van der Waals surface area contributed by atoms with Crippen LogP contribution in [0.1, 0.15) is 21.6 Å². The number of anilines is 1. The van der Waals surface area contributed by atoms with Gasteiger partial charge in [-0.25, -0.2) is 14.6 Å². The van der Waals surface area contributed by atoms with Crippen LogP contribution in [0.15, 0.2) is 71.2 Å². The molecule has 7 nitrogen and oxygen atoms in total. The maximum atomic E-state index is 12.7. The van der Waals surface area contributed by atoms with E-state index in [4.69, 9.17) is 0 Å². The minimum atomic E-state index is -4.47. The summed E-state index contributed by atoms with van der Waals surface area (Å²) in [5.74, 6) is -0.199. The lowest BCUT2D eigenvalue weighted by Crippen LogP contribution is -2.13. The van der Waals surface area contributed by atoms with E-state index >= 15 is 0 Å². The van der Waals surface area contributed by atoms with Gasteiger partial charge >= 0.3 is 6.18 Å². The number of aryl methyl sites for hydroxylation is 1. The average molecular weight is 458 g/mol. The Labute approximate surface area is 185 Å². The van der Waals surface area contributed by atoms with E-state index in [1.165, 1.54) is 28.7 Å². The summed E-state index contributed by atoms with van der Waals surface area (Å²) in [6, 6.07) is 9.44. The van der Waals surface area contributed by atoms with Crippen LogP contribution in [0.5, 0.6) is 0 Å². The topological polar surface area (TPSA) is 77.6 Å². The average Bonchev–Trinajstić information content (AvgIpc) is 3.34. The maximum absolute atomic E-state index is 12.7. The quantitative estimate of drug-likeness (QED) is 0.468. The molecule has 1 amide bonds. The Kier molecular flexibility index (Phi) is 5.74. The summed E-state index contributed by atoms with van der Waals surface area (Å²) in [4.78, 5) is 21.7. The molecule has 0 atom stereocenters. The van der Waals surface area contributed by atoms with Gasteiger partial charge in [-0.2, -0.15) is 18.3 Å². The highest BCUT2D eigenvalue weighted by atomic mass is 32.2. The fourth-order valence-electron chi connectivity index (χ4n) is 2.90. The van der Waals surface area contributed by atoms with E-state index in [2.05, 4.69) is 20.4 Å². The van der Waals surface area contributed by atoms with Crippen molar-refractivity contribution in [2.75, 3.05) is 5.32 Å². The molecule has 0 unspecified atom stereocenters. The SMILES string of the molecule is Cc1c(C(=O)Nc2ccc(Sc3nccn3C)cc2)cnn1-c1ccc(C(F)(F)F)cn1. The number of alkyl halides is 3. The van der Waals surface area contributed by atoms with Gasteiger partial charge in [-0.1, -0.05) is 11.8 Å². The summed E-state index contributed by atoms with van der Waals surface area (Å²) in [7, 11) is 1.91. The number of imidazole rings is 1. The zero-order valence-corrected chi connectivity index (χ0v) is 17.8. The van der Waals surface area contributed by atoms with Crippen LogP contribution in [0.3, 0.4) is 0 Å². The number of carbonyl (C=O) groups excluding carboxylic acids is 1. The van der Waals surface area contributed by atoms with Gasteiger partial charge in [-0.05, 0) is 43.3 Å². The van der Waals surface area contributed by atoms with Crippen molar-refractivity contribution in [3.8, 4) is 5.82 Å². The second kappa shape index (κ2) is 8.50. The molecule has 3 aromatic heterocycles. The third kappa shape index (κ3) is 4.52. The van der Waals surface area contributed by atoms with Crippen LogP contribution >= 0.6 is 11.8 Å². The number of nitrogens with zero attached hydrogens (tertiary/aromatic N) is 5. The van der Waals surface area contributed by atoms with Crippen molar-refractivity contribution in [1.29, 1.82) is 0 Å². The molecule has 0 saturated heterocycles. The van der Waals surface area contributed by atoms with Crippen molar-refractivity contribution in [1.82, 2.24) is 24.3 Å². The molecule has 3 heterocycles. The molecule has 164 valence electrons. The van der Waals surface area contributed by atoms with Gasteiger partial charge in [0.1, 0.15) is 0 Å². The van der Waals surface area contributed by atoms with E-state index in [-0.39, 0.29) is 17.3 Å². The van der Waals surface area contributed by atoms with Crippen LogP contribution < -0.4 is 5.32 Å². The van der Waals surface area contributed by atoms with Gasteiger partial charge in [0.05, 0.1) is 23.0 Å². The molecule has 0 spiro atoms. The second-order valence-corrected chi connectivity index (χ2v) is 7.90. The highest BCUT2D eigenvalue weighted by molar-refractivity contribution is 7.99. The van der Waals surface area contributed by atoms with E-state index in [0.717, 1.165) is 22.3 Å². The van der Waals surface area contributed by atoms with Crippen LogP contribution in [0, 0.1) is 6.92 Å². The highest BCUT2D eigenvalue weighted by Gasteiger charge is 2.30. The Morgan fingerprint density at radius 3 is 2.41 bits per heavy atom. The number of amides is 1. The number of hydrogen-bond donors (Lipinski definition) is 1. The molecule has 4 aromatic rings. The predicted octanol–water partition coefficient (Wildman–Crippen LogP) is 4.73. The fourth-order valence-corrected chi connectivity index (χ4v) is 3.70. The molecule has 0 aliphatic rings. The molecule has 4 rings (SSSR count). The zero-order valence-electron chi connectivity index (χ0n) is 17.0. The molecule has 0 fully saturated rings. The summed E-state index contributed by atoms with van der Waals surface area (Å²) in [6.45, 7) is 1.65. The monoisotopic (exact) mass is 458 g/mol. The first kappa shape index (κ1) is 21.6. The van der Waals surface area contributed by atoms with Crippen molar-refractivity contribution in [3.05, 3.63) is 78.0 Å². The summed E-state index contributed by atoms with van der Waals surface area (Å²) < 4.78 is 41.4. The molecule has 0 bridgehead atoms. The second-order valence-electron chi connectivity index (χ2n) is 6.86. The van der Waals surface area contributed by atoms with Crippen LogP contribution in [0.4, 0.5) is 18.9 Å². The van der Waals surface area contributed by atoms with Gasteiger partial charge in [-0.15, -0.1) is 0 Å². The fraction of sp³-hybridized carbons (Fsp3) is 0.143. The zero-order chi connectivity index (χ0) is 22.9. The van der Waals surface area contributed by atoms with E-state index < -0.39 is 11.7 Å². The largest absolute Gasteiger partial charge is 0.417 e. The Bertz CT molecular complexity index is 1250. The number of nitrogens with one attached hydrogen (secondary N) is 1. The Balaban J connectivity index is 1.46. The minimum absolute atomic E-state index is 0.185. The lowest BCUT2D eigenvalue weighted by Gasteiger charge is -2.09. The smallest absolute Gasteiger partial charge is 0.329 e. The third-order valence-electron chi connectivity index (χ3n) is 4.64. The Morgan fingerprint density at radius 1 is 1.06 bits per heavy atom. The van der Waals surface area contributed by atoms with Crippen LogP contribution in [-0.4, -0.2) is 30.2 Å². The van der Waals surface area contributed by atoms with Crippen molar-refractivity contribution in [2.24, 2.45) is 7.05 Å². The summed E-state index contributed by atoms with van der Waals surface area (Å²) >= 11 is 1.50. The molecular weight excluding hydrogens is 441 g/mol. The number of halogens is 3. The number of pyridine rings is 1. The van der Waals surface area contributed by atoms with E-state index in [1.807, 2.05) is 29.9 Å². The predicted molar refractivity (Wildman–Crippen MR) is 113 cm³/mol. The van der Waals surface area contributed by atoms with Crippen LogP contribution in [-0.2, 0) is 13.2 Å². The number of rotatable bonds is 5. The lowest BCUT2D eigenvalue weighted by molar-refractivity contribution is -0.137. The van der Waals surface area contributed by atoms with Crippen molar-refractivity contribution >= 4 is 23.4 Å². The normalized spacial score (nSPS) is 11.5. The molecule has 11 heteroatoms. The molecule has 0 radical (unpaired) electrons. The van der Waals surface area contributed by atoms with Gasteiger partial charge in [0.2, 0.25) is 0 Å². The Morgan fingerprint density at radius 2 is 1.81 bits per heavy atom. The van der Waals surface area contributed by atoms with Gasteiger partial charge in [-0.3, -0.25) is 4.79 Å². The van der Waals surface area contributed by atoms with Gasteiger partial charge < -0.3 is 9.88 Å². The molecule has 0 aliphatic carbocycles. The van der Waals surface area contributed by atoms with E-state index in [9.17, 15) is 18.0 Å². The molecule has 0 aliphatic heterocycles. The molecule has 0 saturated carbocycles.